The molecule has 0 fully saturated rings. The average Bonchev–Trinajstić information content (AvgIpc) is 2.92. The molecule has 0 spiro atoms. The highest BCUT2D eigenvalue weighted by molar-refractivity contribution is 6.36. The van der Waals surface area contributed by atoms with E-state index >= 15 is 0 Å². The number of rotatable bonds is 3. The van der Waals surface area contributed by atoms with Crippen molar-refractivity contribution in [2.45, 2.75) is 6.42 Å². The lowest BCUT2D eigenvalue weighted by atomic mass is 10.1. The molecule has 2 N–H and O–H groups in total. The zero-order chi connectivity index (χ0) is 14.8. The molecule has 7 heteroatoms. The normalized spacial score (nSPS) is 10.8. The van der Waals surface area contributed by atoms with Gasteiger partial charge < -0.3 is 10.3 Å². The highest BCUT2D eigenvalue weighted by atomic mass is 35.5. The quantitative estimate of drug-likeness (QED) is 0.797. The van der Waals surface area contributed by atoms with Crippen LogP contribution >= 0.6 is 23.2 Å². The van der Waals surface area contributed by atoms with Gasteiger partial charge in [-0.3, -0.25) is 4.98 Å². The van der Waals surface area contributed by atoms with Gasteiger partial charge in [-0.25, -0.2) is 0 Å². The Balaban J connectivity index is 1.89. The van der Waals surface area contributed by atoms with Crippen LogP contribution in [0.4, 0.5) is 5.69 Å². The molecule has 2 aromatic heterocycles. The van der Waals surface area contributed by atoms with E-state index in [1.54, 1.807) is 36.7 Å². The first kappa shape index (κ1) is 13.9. The molecule has 0 amide bonds. The highest BCUT2D eigenvalue weighted by Crippen LogP contribution is 2.27. The minimum atomic E-state index is 0.355. The topological polar surface area (TPSA) is 77.8 Å². The Morgan fingerprint density at radius 3 is 2.62 bits per heavy atom. The van der Waals surface area contributed by atoms with Crippen molar-refractivity contribution in [2.24, 2.45) is 0 Å². The first-order valence-electron chi connectivity index (χ1n) is 6.10. The van der Waals surface area contributed by atoms with E-state index in [1.807, 2.05) is 0 Å². The molecule has 0 bridgehead atoms. The first-order chi connectivity index (χ1) is 10.1. The molecule has 5 nitrogen and oxygen atoms in total. The molecule has 0 saturated heterocycles. The lowest BCUT2D eigenvalue weighted by Crippen LogP contribution is -1.93. The van der Waals surface area contributed by atoms with Crippen molar-refractivity contribution in [3.05, 3.63) is 58.1 Å². The van der Waals surface area contributed by atoms with Crippen molar-refractivity contribution >= 4 is 28.9 Å². The van der Waals surface area contributed by atoms with Crippen LogP contribution in [-0.2, 0) is 6.42 Å². The van der Waals surface area contributed by atoms with E-state index in [0.717, 1.165) is 5.56 Å². The predicted octanol–water partition coefficient (Wildman–Crippen LogP) is 3.61. The van der Waals surface area contributed by atoms with Crippen molar-refractivity contribution in [3.63, 3.8) is 0 Å². The average molecular weight is 321 g/mol. The summed E-state index contributed by atoms with van der Waals surface area (Å²) >= 11 is 12.3. The number of hydrogen-bond acceptors (Lipinski definition) is 5. The number of nitrogens with zero attached hydrogens (tertiary/aromatic N) is 3. The number of anilines is 1. The van der Waals surface area contributed by atoms with Crippen molar-refractivity contribution in [1.82, 2.24) is 15.1 Å². The summed E-state index contributed by atoms with van der Waals surface area (Å²) in [7, 11) is 0. The van der Waals surface area contributed by atoms with E-state index in [1.165, 1.54) is 0 Å². The van der Waals surface area contributed by atoms with Crippen molar-refractivity contribution in [1.29, 1.82) is 0 Å². The molecule has 2 heterocycles. The third kappa shape index (κ3) is 2.99. The largest absolute Gasteiger partial charge is 0.397 e. The fraction of sp³-hybridized carbons (Fsp3) is 0.0714. The van der Waals surface area contributed by atoms with Crippen LogP contribution in [0.3, 0.4) is 0 Å². The number of nitrogen functional groups attached to an aromatic ring is 1. The van der Waals surface area contributed by atoms with Crippen LogP contribution in [0.15, 0.2) is 41.2 Å². The Morgan fingerprint density at radius 2 is 1.90 bits per heavy atom. The second-order valence-corrected chi connectivity index (χ2v) is 5.21. The Hall–Kier alpha value is -2.11. The maximum absolute atomic E-state index is 6.13. The van der Waals surface area contributed by atoms with Crippen LogP contribution in [0.5, 0.6) is 0 Å². The molecule has 0 saturated carbocycles. The number of benzene rings is 1. The van der Waals surface area contributed by atoms with Crippen molar-refractivity contribution in [3.8, 4) is 11.5 Å². The van der Waals surface area contributed by atoms with Crippen LogP contribution in [-0.4, -0.2) is 15.1 Å². The van der Waals surface area contributed by atoms with E-state index in [-0.39, 0.29) is 0 Å². The second-order valence-electron chi connectivity index (χ2n) is 4.40. The fourth-order valence-electron chi connectivity index (χ4n) is 1.88. The summed E-state index contributed by atoms with van der Waals surface area (Å²) in [5.74, 6) is 0.843. The minimum absolute atomic E-state index is 0.355. The molecule has 3 rings (SSSR count). The monoisotopic (exact) mass is 320 g/mol. The third-order valence-corrected chi connectivity index (χ3v) is 3.58. The summed E-state index contributed by atoms with van der Waals surface area (Å²) < 4.78 is 5.21. The maximum atomic E-state index is 6.13. The lowest BCUT2D eigenvalue weighted by Gasteiger charge is -2.03. The van der Waals surface area contributed by atoms with Gasteiger partial charge in [0.25, 0.3) is 5.89 Å². The van der Waals surface area contributed by atoms with Gasteiger partial charge in [0.2, 0.25) is 0 Å². The third-order valence-electron chi connectivity index (χ3n) is 2.87. The van der Waals surface area contributed by atoms with E-state index < -0.39 is 0 Å². The SMILES string of the molecule is Nc1cncc(-c2nc(Cc3c(Cl)cccc3Cl)no2)c1. The Kier molecular flexibility index (Phi) is 3.77. The standard InChI is InChI=1S/C14H10Cl2N4O/c15-11-2-1-3-12(16)10(11)5-13-19-14(21-20-13)8-4-9(17)7-18-6-8/h1-4,6-7H,5,17H2. The van der Waals surface area contributed by atoms with Gasteiger partial charge in [-0.15, -0.1) is 0 Å². The van der Waals surface area contributed by atoms with Crippen LogP contribution in [0.25, 0.3) is 11.5 Å². The zero-order valence-corrected chi connectivity index (χ0v) is 12.3. The Labute approximate surface area is 130 Å². The molecule has 0 unspecified atom stereocenters. The predicted molar refractivity (Wildman–Crippen MR) is 81.2 cm³/mol. The molecule has 106 valence electrons. The van der Waals surface area contributed by atoms with Crippen LogP contribution in [0, 0.1) is 0 Å². The van der Waals surface area contributed by atoms with Crippen LogP contribution in [0.2, 0.25) is 10.0 Å². The minimum Gasteiger partial charge on any atom is -0.397 e. The van der Waals surface area contributed by atoms with Gasteiger partial charge in [0.15, 0.2) is 5.82 Å². The lowest BCUT2D eigenvalue weighted by molar-refractivity contribution is 0.424. The summed E-state index contributed by atoms with van der Waals surface area (Å²) in [6.45, 7) is 0. The molecule has 0 aliphatic carbocycles. The molecule has 3 aromatic rings. The zero-order valence-electron chi connectivity index (χ0n) is 10.8. The number of hydrogen-bond donors (Lipinski definition) is 1. The van der Waals surface area contributed by atoms with Gasteiger partial charge >= 0.3 is 0 Å². The summed E-state index contributed by atoms with van der Waals surface area (Å²) in [6.07, 6.45) is 3.54. The van der Waals surface area contributed by atoms with Gasteiger partial charge in [-0.2, -0.15) is 4.98 Å². The fourth-order valence-corrected chi connectivity index (χ4v) is 2.41. The van der Waals surface area contributed by atoms with Gasteiger partial charge in [0.05, 0.1) is 11.3 Å². The van der Waals surface area contributed by atoms with Crippen molar-refractivity contribution < 1.29 is 4.52 Å². The number of halogens is 2. The Morgan fingerprint density at radius 1 is 1.14 bits per heavy atom. The highest BCUT2D eigenvalue weighted by Gasteiger charge is 2.13. The molecule has 0 atom stereocenters. The molecule has 0 aliphatic rings. The summed E-state index contributed by atoms with van der Waals surface area (Å²) in [5, 5.41) is 5.07. The first-order valence-corrected chi connectivity index (χ1v) is 6.85. The van der Waals surface area contributed by atoms with Crippen LogP contribution in [0.1, 0.15) is 11.4 Å². The molecule has 0 aliphatic heterocycles. The molecular formula is C14H10Cl2N4O. The van der Waals surface area contributed by atoms with Gasteiger partial charge in [0.1, 0.15) is 0 Å². The number of aromatic nitrogens is 3. The van der Waals surface area contributed by atoms with Crippen molar-refractivity contribution in [2.75, 3.05) is 5.73 Å². The second kappa shape index (κ2) is 5.71. The Bertz CT molecular complexity index is 768. The van der Waals surface area contributed by atoms with E-state index in [9.17, 15) is 0 Å². The van der Waals surface area contributed by atoms with Crippen LogP contribution < -0.4 is 5.73 Å². The maximum Gasteiger partial charge on any atom is 0.259 e. The van der Waals surface area contributed by atoms with Gasteiger partial charge in [-0.05, 0) is 23.8 Å². The molecule has 1 aromatic carbocycles. The van der Waals surface area contributed by atoms with E-state index in [2.05, 4.69) is 15.1 Å². The van der Waals surface area contributed by atoms with Gasteiger partial charge in [-0.1, -0.05) is 34.4 Å². The molecular weight excluding hydrogens is 311 g/mol. The summed E-state index contributed by atoms with van der Waals surface area (Å²) in [6, 6.07) is 7.04. The summed E-state index contributed by atoms with van der Waals surface area (Å²) in [5.41, 5.74) is 7.64. The molecule has 0 radical (unpaired) electrons. The number of pyridine rings is 1. The molecule has 21 heavy (non-hydrogen) atoms. The van der Waals surface area contributed by atoms with E-state index in [0.29, 0.717) is 39.4 Å². The van der Waals surface area contributed by atoms with E-state index in [4.69, 9.17) is 33.5 Å². The summed E-state index contributed by atoms with van der Waals surface area (Å²) in [4.78, 5) is 8.30. The number of nitrogens with two attached hydrogens (primary N) is 1. The smallest absolute Gasteiger partial charge is 0.259 e. The van der Waals surface area contributed by atoms with Gasteiger partial charge in [0, 0.05) is 28.9 Å².